The molecule has 3 aromatic carbocycles. The molecule has 2 fully saturated rings. The maximum Gasteiger partial charge on any atom is 0.201 e. The van der Waals surface area contributed by atoms with Crippen molar-refractivity contribution in [1.29, 1.82) is 0 Å². The number of hydrogen-bond acceptors (Lipinski definition) is 1. The Morgan fingerprint density at radius 2 is 1.36 bits per heavy atom. The summed E-state index contributed by atoms with van der Waals surface area (Å²) in [6.07, 6.45) is 11.0. The average Bonchev–Trinajstić information content (AvgIpc) is 2.96. The van der Waals surface area contributed by atoms with Crippen molar-refractivity contribution in [3.8, 4) is 16.9 Å². The zero-order chi connectivity index (χ0) is 27.5. The van der Waals surface area contributed by atoms with Crippen LogP contribution in [-0.4, -0.2) is 0 Å². The molecule has 5 heteroatoms. The van der Waals surface area contributed by atoms with E-state index in [1.54, 1.807) is 6.92 Å². The maximum atomic E-state index is 14.9. The molecule has 39 heavy (non-hydrogen) atoms. The molecule has 4 atom stereocenters. The summed E-state index contributed by atoms with van der Waals surface area (Å²) >= 11 is 0. The molecule has 0 amide bonds. The van der Waals surface area contributed by atoms with Gasteiger partial charge < -0.3 is 4.74 Å². The van der Waals surface area contributed by atoms with Crippen molar-refractivity contribution in [1.82, 2.24) is 0 Å². The highest BCUT2D eigenvalue weighted by molar-refractivity contribution is 5.66. The lowest BCUT2D eigenvalue weighted by atomic mass is 9.63. The van der Waals surface area contributed by atoms with Crippen molar-refractivity contribution < 1.29 is 22.3 Å². The molecule has 208 valence electrons. The third-order valence-electron chi connectivity index (χ3n) is 9.14. The van der Waals surface area contributed by atoms with Crippen LogP contribution >= 0.6 is 0 Å². The van der Waals surface area contributed by atoms with Crippen LogP contribution in [0.2, 0.25) is 0 Å². The van der Waals surface area contributed by atoms with Gasteiger partial charge in [0.05, 0.1) is 0 Å². The lowest BCUT2D eigenvalue weighted by molar-refractivity contribution is 0.114. The molecule has 5 rings (SSSR count). The predicted octanol–water partition coefficient (Wildman–Crippen LogP) is 10.2. The number of fused-ring (bicyclic) bond motifs is 1. The van der Waals surface area contributed by atoms with Crippen molar-refractivity contribution in [2.75, 3.05) is 0 Å². The van der Waals surface area contributed by atoms with E-state index in [0.29, 0.717) is 12.3 Å². The van der Waals surface area contributed by atoms with Gasteiger partial charge in [0.2, 0.25) is 5.82 Å². The molecule has 3 aromatic rings. The summed E-state index contributed by atoms with van der Waals surface area (Å²) in [6.45, 7) is 4.07. The van der Waals surface area contributed by atoms with Crippen LogP contribution in [0.3, 0.4) is 0 Å². The Labute approximate surface area is 229 Å². The van der Waals surface area contributed by atoms with Crippen molar-refractivity contribution in [2.24, 2.45) is 17.8 Å². The van der Waals surface area contributed by atoms with E-state index in [-0.39, 0.29) is 29.0 Å². The molecule has 2 saturated carbocycles. The Kier molecular flexibility index (Phi) is 8.64. The van der Waals surface area contributed by atoms with E-state index in [1.165, 1.54) is 81.2 Å². The molecular weight excluding hydrogens is 500 g/mol. The molecule has 0 N–H and O–H groups in total. The Morgan fingerprint density at radius 1 is 0.692 bits per heavy atom. The van der Waals surface area contributed by atoms with Crippen LogP contribution in [0.5, 0.6) is 5.75 Å². The Hall–Kier alpha value is -2.82. The van der Waals surface area contributed by atoms with Gasteiger partial charge in [-0.1, -0.05) is 69.5 Å². The fraction of sp³-hybridized carbons (Fsp3) is 0.471. The van der Waals surface area contributed by atoms with Crippen LogP contribution in [0.4, 0.5) is 17.6 Å². The molecule has 2 aliphatic carbocycles. The van der Waals surface area contributed by atoms with E-state index in [1.807, 2.05) is 12.1 Å². The molecule has 2 aliphatic rings. The fourth-order valence-corrected chi connectivity index (χ4v) is 6.93. The van der Waals surface area contributed by atoms with Crippen LogP contribution in [0.25, 0.3) is 11.1 Å². The smallest absolute Gasteiger partial charge is 0.201 e. The Bertz CT molecular complexity index is 1290. The lowest BCUT2D eigenvalue weighted by Gasteiger charge is -2.42. The molecular formula is C34H38F4O. The third kappa shape index (κ3) is 5.88. The first kappa shape index (κ1) is 27.7. The summed E-state index contributed by atoms with van der Waals surface area (Å²) in [5, 5.41) is 0. The Balaban J connectivity index is 1.21. The summed E-state index contributed by atoms with van der Waals surface area (Å²) in [5.74, 6) is -1.70. The normalized spacial score (nSPS) is 22.9. The molecule has 0 heterocycles. The summed E-state index contributed by atoms with van der Waals surface area (Å²) < 4.78 is 64.0. The molecule has 4 unspecified atom stereocenters. The van der Waals surface area contributed by atoms with Crippen molar-refractivity contribution in [3.63, 3.8) is 0 Å². The highest BCUT2D eigenvalue weighted by Crippen LogP contribution is 2.48. The lowest BCUT2D eigenvalue weighted by Crippen LogP contribution is -2.30. The second-order valence-corrected chi connectivity index (χ2v) is 11.5. The number of benzene rings is 3. The molecule has 0 bridgehead atoms. The quantitative estimate of drug-likeness (QED) is 0.259. The zero-order valence-electron chi connectivity index (χ0n) is 22.9. The van der Waals surface area contributed by atoms with E-state index >= 15 is 0 Å². The van der Waals surface area contributed by atoms with Gasteiger partial charge in [0.1, 0.15) is 6.61 Å². The van der Waals surface area contributed by atoms with Crippen LogP contribution < -0.4 is 4.74 Å². The summed E-state index contributed by atoms with van der Waals surface area (Å²) in [5.41, 5.74) is 1.74. The van der Waals surface area contributed by atoms with Gasteiger partial charge in [-0.25, -0.2) is 13.2 Å². The molecule has 0 aromatic heterocycles. The summed E-state index contributed by atoms with van der Waals surface area (Å²) in [6, 6.07) is 13.4. The van der Waals surface area contributed by atoms with Crippen molar-refractivity contribution >= 4 is 0 Å². The van der Waals surface area contributed by atoms with Gasteiger partial charge in [0.25, 0.3) is 0 Å². The van der Waals surface area contributed by atoms with Gasteiger partial charge in [-0.3, -0.25) is 0 Å². The highest BCUT2D eigenvalue weighted by Gasteiger charge is 2.35. The molecule has 0 saturated heterocycles. The van der Waals surface area contributed by atoms with Crippen LogP contribution in [0, 0.1) is 41.0 Å². The molecule has 0 radical (unpaired) electrons. The Morgan fingerprint density at radius 3 is 2.08 bits per heavy atom. The first-order valence-corrected chi connectivity index (χ1v) is 14.6. The number of ether oxygens (including phenoxy) is 1. The summed E-state index contributed by atoms with van der Waals surface area (Å²) in [4.78, 5) is 0. The van der Waals surface area contributed by atoms with Gasteiger partial charge >= 0.3 is 0 Å². The van der Waals surface area contributed by atoms with Gasteiger partial charge in [-0.15, -0.1) is 0 Å². The first-order valence-electron chi connectivity index (χ1n) is 14.6. The van der Waals surface area contributed by atoms with Crippen LogP contribution in [0.15, 0.2) is 48.5 Å². The SMILES string of the molecule is CCCC1CCC2CC(c3ccc(COc4ccc(-c5ccc(CC)c(F)c5F)c(F)c4F)cc3)CCC2C1. The molecule has 0 aliphatic heterocycles. The van der Waals surface area contributed by atoms with Gasteiger partial charge in [-0.05, 0) is 91.0 Å². The van der Waals surface area contributed by atoms with Gasteiger partial charge in [0, 0.05) is 11.1 Å². The number of rotatable bonds is 8. The number of hydrogen-bond donors (Lipinski definition) is 0. The largest absolute Gasteiger partial charge is 0.486 e. The predicted molar refractivity (Wildman–Crippen MR) is 148 cm³/mol. The van der Waals surface area contributed by atoms with Crippen LogP contribution in [-0.2, 0) is 13.0 Å². The number of halogens is 4. The minimum Gasteiger partial charge on any atom is -0.486 e. The minimum absolute atomic E-state index is 0.0817. The second-order valence-electron chi connectivity index (χ2n) is 11.5. The van der Waals surface area contributed by atoms with Gasteiger partial charge in [0.15, 0.2) is 23.2 Å². The molecule has 0 spiro atoms. The minimum atomic E-state index is -1.26. The van der Waals surface area contributed by atoms with Gasteiger partial charge in [-0.2, -0.15) is 4.39 Å². The van der Waals surface area contributed by atoms with E-state index in [9.17, 15) is 17.6 Å². The van der Waals surface area contributed by atoms with Crippen LogP contribution in [0.1, 0.15) is 87.8 Å². The summed E-state index contributed by atoms with van der Waals surface area (Å²) in [7, 11) is 0. The van der Waals surface area contributed by atoms with E-state index in [0.717, 1.165) is 23.3 Å². The highest BCUT2D eigenvalue weighted by atomic mass is 19.2. The molecule has 1 nitrogen and oxygen atoms in total. The zero-order valence-corrected chi connectivity index (χ0v) is 22.9. The van der Waals surface area contributed by atoms with E-state index in [2.05, 4.69) is 19.1 Å². The monoisotopic (exact) mass is 538 g/mol. The number of aryl methyl sites for hydroxylation is 1. The second kappa shape index (κ2) is 12.1. The topological polar surface area (TPSA) is 9.23 Å². The maximum absolute atomic E-state index is 14.9. The average molecular weight is 539 g/mol. The first-order chi connectivity index (χ1) is 18.9. The van der Waals surface area contributed by atoms with Crippen molar-refractivity contribution in [3.05, 3.63) is 88.5 Å². The van der Waals surface area contributed by atoms with Crippen molar-refractivity contribution in [2.45, 2.75) is 84.2 Å². The standard InChI is InChI=1S/C34H38F4O/c1-3-5-21-6-11-27-19-26(13-12-25(27)18-21)24-9-7-22(8-10-24)20-39-30-17-16-29(33(37)34(30)38)28-15-14-23(4-2)31(35)32(28)36/h7-10,14-17,21,25-27H,3-6,11-13,18-20H2,1-2H3. The van der Waals surface area contributed by atoms with E-state index in [4.69, 9.17) is 4.74 Å². The third-order valence-corrected chi connectivity index (χ3v) is 9.14. The van der Waals surface area contributed by atoms with E-state index < -0.39 is 23.3 Å². The fourth-order valence-electron chi connectivity index (χ4n) is 6.93.